The van der Waals surface area contributed by atoms with Crippen LogP contribution >= 0.6 is 11.3 Å². The average Bonchev–Trinajstić information content (AvgIpc) is 2.48. The molecular formula is C9H11NOS. The minimum absolute atomic E-state index is 0.00304. The Balaban J connectivity index is 3.07. The van der Waals surface area contributed by atoms with Crippen LogP contribution < -0.4 is 0 Å². The standard InChI is InChI=1S/C9H11NOS/c1-3-5-7-8(4-2)12-9(6-11)10-7/h3-5,11H,2,6H2,1H3/b5-3-. The van der Waals surface area contributed by atoms with Crippen LogP contribution in [0, 0.1) is 0 Å². The van der Waals surface area contributed by atoms with Crippen molar-refractivity contribution in [3.8, 4) is 0 Å². The number of allylic oxidation sites excluding steroid dienone is 1. The number of aliphatic hydroxyl groups is 1. The molecule has 0 fully saturated rings. The zero-order valence-electron chi connectivity index (χ0n) is 6.95. The van der Waals surface area contributed by atoms with Crippen LogP contribution in [0.25, 0.3) is 12.2 Å². The molecule has 0 aliphatic carbocycles. The fourth-order valence-electron chi connectivity index (χ4n) is 0.883. The molecule has 0 aliphatic heterocycles. The van der Waals surface area contributed by atoms with Gasteiger partial charge in [-0.1, -0.05) is 12.7 Å². The first-order chi connectivity index (χ1) is 5.81. The molecule has 12 heavy (non-hydrogen) atoms. The zero-order chi connectivity index (χ0) is 8.97. The van der Waals surface area contributed by atoms with Crippen molar-refractivity contribution in [1.29, 1.82) is 0 Å². The van der Waals surface area contributed by atoms with Crippen LogP contribution in [-0.2, 0) is 6.61 Å². The minimum atomic E-state index is 0.00304. The third-order valence-electron chi connectivity index (χ3n) is 1.37. The Morgan fingerprint density at radius 1 is 1.67 bits per heavy atom. The molecule has 0 unspecified atom stereocenters. The number of hydrogen-bond donors (Lipinski definition) is 1. The Morgan fingerprint density at radius 2 is 2.42 bits per heavy atom. The van der Waals surface area contributed by atoms with Crippen molar-refractivity contribution in [2.45, 2.75) is 13.5 Å². The summed E-state index contributed by atoms with van der Waals surface area (Å²) in [4.78, 5) is 5.21. The maximum Gasteiger partial charge on any atom is 0.119 e. The molecular weight excluding hydrogens is 170 g/mol. The lowest BCUT2D eigenvalue weighted by Gasteiger charge is -1.84. The number of thiazole rings is 1. The molecule has 2 nitrogen and oxygen atoms in total. The monoisotopic (exact) mass is 181 g/mol. The summed E-state index contributed by atoms with van der Waals surface area (Å²) in [6.45, 7) is 5.61. The van der Waals surface area contributed by atoms with E-state index in [9.17, 15) is 0 Å². The Bertz CT molecular complexity index is 301. The summed E-state index contributed by atoms with van der Waals surface area (Å²) < 4.78 is 0. The lowest BCUT2D eigenvalue weighted by atomic mass is 10.3. The molecule has 0 radical (unpaired) electrons. The topological polar surface area (TPSA) is 33.1 Å². The largest absolute Gasteiger partial charge is 0.389 e. The summed E-state index contributed by atoms with van der Waals surface area (Å²) in [5, 5.41) is 9.56. The van der Waals surface area contributed by atoms with Gasteiger partial charge in [0.05, 0.1) is 17.2 Å². The molecule has 0 aromatic carbocycles. The highest BCUT2D eigenvalue weighted by molar-refractivity contribution is 7.12. The molecule has 0 atom stereocenters. The van der Waals surface area contributed by atoms with E-state index in [0.29, 0.717) is 0 Å². The maximum atomic E-state index is 8.83. The third-order valence-corrected chi connectivity index (χ3v) is 2.42. The highest BCUT2D eigenvalue weighted by atomic mass is 32.1. The number of aliphatic hydroxyl groups excluding tert-OH is 1. The summed E-state index contributed by atoms with van der Waals surface area (Å²) >= 11 is 1.47. The number of aromatic nitrogens is 1. The molecule has 1 aromatic heterocycles. The van der Waals surface area contributed by atoms with E-state index >= 15 is 0 Å². The zero-order valence-corrected chi connectivity index (χ0v) is 7.77. The van der Waals surface area contributed by atoms with Crippen LogP contribution in [0.5, 0.6) is 0 Å². The molecule has 0 amide bonds. The highest BCUT2D eigenvalue weighted by Gasteiger charge is 2.03. The number of rotatable bonds is 3. The second kappa shape index (κ2) is 4.18. The van der Waals surface area contributed by atoms with Gasteiger partial charge in [0.25, 0.3) is 0 Å². The van der Waals surface area contributed by atoms with Gasteiger partial charge in [0.2, 0.25) is 0 Å². The predicted octanol–water partition coefficient (Wildman–Crippen LogP) is 2.31. The van der Waals surface area contributed by atoms with E-state index in [-0.39, 0.29) is 6.61 Å². The lowest BCUT2D eigenvalue weighted by Crippen LogP contribution is -1.80. The summed E-state index contributed by atoms with van der Waals surface area (Å²) in [6.07, 6.45) is 5.59. The Kier molecular flexibility index (Phi) is 3.19. The van der Waals surface area contributed by atoms with Crippen LogP contribution in [0.1, 0.15) is 22.5 Å². The quantitative estimate of drug-likeness (QED) is 0.776. The maximum absolute atomic E-state index is 8.83. The van der Waals surface area contributed by atoms with Gasteiger partial charge in [-0.2, -0.15) is 0 Å². The van der Waals surface area contributed by atoms with Gasteiger partial charge in [-0.3, -0.25) is 0 Å². The van der Waals surface area contributed by atoms with Crippen molar-refractivity contribution in [3.05, 3.63) is 28.2 Å². The number of hydrogen-bond acceptors (Lipinski definition) is 3. The van der Waals surface area contributed by atoms with Gasteiger partial charge in [-0.15, -0.1) is 11.3 Å². The van der Waals surface area contributed by atoms with Crippen LogP contribution in [0.3, 0.4) is 0 Å². The SMILES string of the molecule is C=Cc1sc(CO)nc1/C=C\C. The second-order valence-electron chi connectivity index (χ2n) is 2.22. The molecule has 1 N–H and O–H groups in total. The first kappa shape index (κ1) is 9.16. The van der Waals surface area contributed by atoms with E-state index in [4.69, 9.17) is 5.11 Å². The van der Waals surface area contributed by atoms with Gasteiger partial charge >= 0.3 is 0 Å². The van der Waals surface area contributed by atoms with E-state index in [1.165, 1.54) is 11.3 Å². The van der Waals surface area contributed by atoms with Gasteiger partial charge in [-0.05, 0) is 19.1 Å². The first-order valence-electron chi connectivity index (χ1n) is 3.67. The average molecular weight is 181 g/mol. The smallest absolute Gasteiger partial charge is 0.119 e. The van der Waals surface area contributed by atoms with Crippen LogP contribution in [0.15, 0.2) is 12.7 Å². The Labute approximate surface area is 75.9 Å². The number of nitrogens with zero attached hydrogens (tertiary/aromatic N) is 1. The van der Waals surface area contributed by atoms with Crippen LogP contribution in [0.2, 0.25) is 0 Å². The highest BCUT2D eigenvalue weighted by Crippen LogP contribution is 2.20. The lowest BCUT2D eigenvalue weighted by molar-refractivity contribution is 0.281. The van der Waals surface area contributed by atoms with Crippen molar-refractivity contribution in [2.24, 2.45) is 0 Å². The molecule has 1 heterocycles. The van der Waals surface area contributed by atoms with Crippen molar-refractivity contribution in [3.63, 3.8) is 0 Å². The molecule has 64 valence electrons. The van der Waals surface area contributed by atoms with E-state index < -0.39 is 0 Å². The molecule has 1 aromatic rings. The molecule has 0 bridgehead atoms. The van der Waals surface area contributed by atoms with Crippen molar-refractivity contribution < 1.29 is 5.11 Å². The third kappa shape index (κ3) is 1.81. The van der Waals surface area contributed by atoms with E-state index in [1.54, 1.807) is 6.08 Å². The second-order valence-corrected chi connectivity index (χ2v) is 3.33. The molecule has 0 saturated heterocycles. The normalized spacial score (nSPS) is 10.8. The van der Waals surface area contributed by atoms with Gasteiger partial charge < -0.3 is 5.11 Å². The van der Waals surface area contributed by atoms with Crippen LogP contribution in [-0.4, -0.2) is 10.1 Å². The van der Waals surface area contributed by atoms with Gasteiger partial charge in [0.1, 0.15) is 5.01 Å². The fraction of sp³-hybridized carbons (Fsp3) is 0.222. The summed E-state index contributed by atoms with van der Waals surface area (Å²) in [5.74, 6) is 0. The van der Waals surface area contributed by atoms with Gasteiger partial charge in [-0.25, -0.2) is 4.98 Å². The minimum Gasteiger partial charge on any atom is -0.389 e. The van der Waals surface area contributed by atoms with Crippen molar-refractivity contribution in [1.82, 2.24) is 4.98 Å². The first-order valence-corrected chi connectivity index (χ1v) is 4.49. The van der Waals surface area contributed by atoms with Gasteiger partial charge in [0.15, 0.2) is 0 Å². The Hall–Kier alpha value is -0.930. The Morgan fingerprint density at radius 3 is 2.92 bits per heavy atom. The molecule has 1 rings (SSSR count). The predicted molar refractivity (Wildman–Crippen MR) is 52.8 cm³/mol. The van der Waals surface area contributed by atoms with Crippen molar-refractivity contribution in [2.75, 3.05) is 0 Å². The summed E-state index contributed by atoms with van der Waals surface area (Å²) in [7, 11) is 0. The molecule has 3 heteroatoms. The van der Waals surface area contributed by atoms with E-state index in [2.05, 4.69) is 11.6 Å². The summed E-state index contributed by atoms with van der Waals surface area (Å²) in [6, 6.07) is 0. The van der Waals surface area contributed by atoms with Crippen molar-refractivity contribution >= 4 is 23.5 Å². The van der Waals surface area contributed by atoms with Gasteiger partial charge in [0, 0.05) is 0 Å². The van der Waals surface area contributed by atoms with E-state index in [1.807, 2.05) is 19.1 Å². The molecule has 0 aliphatic rings. The molecule has 0 saturated carbocycles. The summed E-state index contributed by atoms with van der Waals surface area (Å²) in [5.41, 5.74) is 0.890. The van der Waals surface area contributed by atoms with E-state index in [0.717, 1.165) is 15.6 Å². The molecule has 0 spiro atoms. The fourth-order valence-corrected chi connectivity index (χ4v) is 1.65. The van der Waals surface area contributed by atoms with Crippen LogP contribution in [0.4, 0.5) is 0 Å².